The molecule has 0 fully saturated rings. The van der Waals surface area contributed by atoms with Crippen molar-refractivity contribution in [3.63, 3.8) is 0 Å². The number of anilines is 1. The Bertz CT molecular complexity index is 1170. The predicted molar refractivity (Wildman–Crippen MR) is 105 cm³/mol. The summed E-state index contributed by atoms with van der Waals surface area (Å²) in [4.78, 5) is 16.5. The quantitative estimate of drug-likeness (QED) is 0.491. The van der Waals surface area contributed by atoms with Gasteiger partial charge in [0, 0.05) is 11.3 Å². The minimum atomic E-state index is -2.73. The number of hydrogen-bond acceptors (Lipinski definition) is 2. The van der Waals surface area contributed by atoms with Crippen LogP contribution in [0.1, 0.15) is 12.1 Å². The first-order chi connectivity index (χ1) is 14.0. The van der Waals surface area contributed by atoms with Crippen molar-refractivity contribution in [1.29, 1.82) is 0 Å². The third-order valence-corrected chi connectivity index (χ3v) is 4.47. The molecular formula is C22H16F3N3O. The third-order valence-electron chi connectivity index (χ3n) is 4.47. The molecule has 1 heterocycles. The van der Waals surface area contributed by atoms with Crippen LogP contribution in [-0.2, 0) is 11.2 Å². The zero-order valence-corrected chi connectivity index (χ0v) is 15.1. The number of amides is 1. The Morgan fingerprint density at radius 1 is 1.00 bits per heavy atom. The van der Waals surface area contributed by atoms with Crippen LogP contribution in [0.25, 0.3) is 22.4 Å². The Morgan fingerprint density at radius 3 is 2.48 bits per heavy atom. The first-order valence-corrected chi connectivity index (χ1v) is 8.91. The molecule has 0 radical (unpaired) electrons. The van der Waals surface area contributed by atoms with Crippen molar-refractivity contribution in [3.05, 3.63) is 84.2 Å². The molecule has 1 amide bonds. The molecule has 0 aliphatic rings. The van der Waals surface area contributed by atoms with Crippen LogP contribution >= 0.6 is 0 Å². The first-order valence-electron chi connectivity index (χ1n) is 8.91. The summed E-state index contributed by atoms with van der Waals surface area (Å²) in [5, 5.41) is 2.72. The van der Waals surface area contributed by atoms with Crippen LogP contribution in [-0.4, -0.2) is 15.5 Å². The van der Waals surface area contributed by atoms with Gasteiger partial charge in [0.25, 0.3) is 0 Å². The number of nitrogens with zero attached hydrogens (tertiary/aromatic N) is 2. The summed E-state index contributed by atoms with van der Waals surface area (Å²) in [6.45, 7) is -2.73. The lowest BCUT2D eigenvalue weighted by Crippen LogP contribution is -2.14. The maximum atomic E-state index is 13.6. The summed E-state index contributed by atoms with van der Waals surface area (Å²) >= 11 is 0. The Morgan fingerprint density at radius 2 is 1.76 bits per heavy atom. The molecule has 0 saturated carbocycles. The van der Waals surface area contributed by atoms with Gasteiger partial charge in [0.1, 0.15) is 11.6 Å². The van der Waals surface area contributed by atoms with Crippen LogP contribution in [0.4, 0.5) is 18.9 Å². The summed E-state index contributed by atoms with van der Waals surface area (Å²) in [6, 6.07) is 19.0. The van der Waals surface area contributed by atoms with E-state index in [1.165, 1.54) is 12.1 Å². The summed E-state index contributed by atoms with van der Waals surface area (Å²) in [5.74, 6) is -0.552. The molecular weight excluding hydrogens is 379 g/mol. The van der Waals surface area contributed by atoms with Crippen molar-refractivity contribution in [3.8, 4) is 11.4 Å². The van der Waals surface area contributed by atoms with E-state index in [0.717, 1.165) is 4.57 Å². The number of nitrogens with one attached hydrogen (secondary N) is 1. The van der Waals surface area contributed by atoms with Crippen LogP contribution in [0.2, 0.25) is 0 Å². The van der Waals surface area contributed by atoms with E-state index < -0.39 is 12.4 Å². The highest BCUT2D eigenvalue weighted by Crippen LogP contribution is 2.30. The first kappa shape index (κ1) is 18.7. The van der Waals surface area contributed by atoms with Crippen molar-refractivity contribution < 1.29 is 18.0 Å². The molecule has 29 heavy (non-hydrogen) atoms. The van der Waals surface area contributed by atoms with Gasteiger partial charge in [-0.3, -0.25) is 9.36 Å². The van der Waals surface area contributed by atoms with E-state index in [9.17, 15) is 18.0 Å². The van der Waals surface area contributed by atoms with E-state index in [2.05, 4.69) is 10.3 Å². The van der Waals surface area contributed by atoms with Crippen molar-refractivity contribution in [2.45, 2.75) is 13.0 Å². The standard InChI is InChI=1S/C22H16F3N3O/c23-16-5-3-4-14(12-16)13-20(29)26-17-10-8-15(9-11-17)21-27-18-6-1-2-7-19(18)28(21)22(24)25/h1-12,22H,13H2,(H,26,29). The van der Waals surface area contributed by atoms with Crippen molar-refractivity contribution in [2.75, 3.05) is 5.32 Å². The number of carbonyl (C=O) groups is 1. The minimum Gasteiger partial charge on any atom is -0.326 e. The lowest BCUT2D eigenvalue weighted by Gasteiger charge is -2.09. The predicted octanol–water partition coefficient (Wildman–Crippen LogP) is 5.42. The number of rotatable bonds is 5. The molecule has 0 bridgehead atoms. The Labute approximate surface area is 164 Å². The third kappa shape index (κ3) is 3.99. The highest BCUT2D eigenvalue weighted by molar-refractivity contribution is 5.92. The molecule has 0 spiro atoms. The van der Waals surface area contributed by atoms with Crippen LogP contribution in [0.5, 0.6) is 0 Å². The van der Waals surface area contributed by atoms with Crippen LogP contribution < -0.4 is 5.32 Å². The van der Waals surface area contributed by atoms with Crippen LogP contribution in [0.15, 0.2) is 72.8 Å². The van der Waals surface area contributed by atoms with Gasteiger partial charge in [0.05, 0.1) is 17.5 Å². The number of halogens is 3. The number of alkyl halides is 2. The van der Waals surface area contributed by atoms with Gasteiger partial charge < -0.3 is 5.32 Å². The fourth-order valence-corrected chi connectivity index (χ4v) is 3.19. The second-order valence-corrected chi connectivity index (χ2v) is 6.50. The van der Waals surface area contributed by atoms with Gasteiger partial charge in [-0.2, -0.15) is 8.78 Å². The Kier molecular flexibility index (Phi) is 5.03. The molecule has 1 N–H and O–H groups in total. The van der Waals surface area contributed by atoms with Gasteiger partial charge in [-0.1, -0.05) is 24.3 Å². The van der Waals surface area contributed by atoms with E-state index in [0.29, 0.717) is 27.8 Å². The van der Waals surface area contributed by atoms with Crippen molar-refractivity contribution in [2.24, 2.45) is 0 Å². The molecule has 4 aromatic rings. The molecule has 4 rings (SSSR count). The van der Waals surface area contributed by atoms with Crippen LogP contribution in [0, 0.1) is 5.82 Å². The number of imidazole rings is 1. The largest absolute Gasteiger partial charge is 0.326 e. The highest BCUT2D eigenvalue weighted by Gasteiger charge is 2.18. The summed E-state index contributed by atoms with van der Waals surface area (Å²) in [6.07, 6.45) is 0.0285. The molecule has 0 saturated heterocycles. The topological polar surface area (TPSA) is 46.9 Å². The van der Waals surface area contributed by atoms with Gasteiger partial charge in [0.15, 0.2) is 0 Å². The number of carbonyl (C=O) groups excluding carboxylic acids is 1. The average molecular weight is 395 g/mol. The van der Waals surface area contributed by atoms with Gasteiger partial charge in [0.2, 0.25) is 5.91 Å². The number of hydrogen-bond donors (Lipinski definition) is 1. The van der Waals surface area contributed by atoms with E-state index in [-0.39, 0.29) is 18.2 Å². The minimum absolute atomic E-state index is 0.0285. The summed E-state index contributed by atoms with van der Waals surface area (Å²) in [7, 11) is 0. The molecule has 0 atom stereocenters. The van der Waals surface area contributed by atoms with Crippen LogP contribution in [0.3, 0.4) is 0 Å². The number of para-hydroxylation sites is 2. The maximum Gasteiger partial charge on any atom is 0.320 e. The SMILES string of the molecule is O=C(Cc1cccc(F)c1)Nc1ccc(-c2nc3ccccc3n2C(F)F)cc1. The van der Waals surface area contributed by atoms with E-state index in [1.807, 2.05) is 0 Å². The molecule has 7 heteroatoms. The maximum absolute atomic E-state index is 13.6. The zero-order valence-electron chi connectivity index (χ0n) is 15.1. The summed E-state index contributed by atoms with van der Waals surface area (Å²) < 4.78 is 41.3. The molecule has 0 aliphatic carbocycles. The van der Waals surface area contributed by atoms with Gasteiger partial charge in [-0.25, -0.2) is 9.37 Å². The average Bonchev–Trinajstić information content (AvgIpc) is 3.08. The zero-order chi connectivity index (χ0) is 20.4. The fourth-order valence-electron chi connectivity index (χ4n) is 3.19. The van der Waals surface area contributed by atoms with Gasteiger partial charge >= 0.3 is 6.55 Å². The molecule has 1 aromatic heterocycles. The van der Waals surface area contributed by atoms with Gasteiger partial charge in [-0.15, -0.1) is 0 Å². The van der Waals surface area contributed by atoms with E-state index >= 15 is 0 Å². The summed E-state index contributed by atoms with van der Waals surface area (Å²) in [5.41, 5.74) is 2.41. The van der Waals surface area contributed by atoms with Crippen molar-refractivity contribution in [1.82, 2.24) is 9.55 Å². The highest BCUT2D eigenvalue weighted by atomic mass is 19.3. The Hall–Kier alpha value is -3.61. The molecule has 3 aromatic carbocycles. The second-order valence-electron chi connectivity index (χ2n) is 6.50. The number of fused-ring (bicyclic) bond motifs is 1. The lowest BCUT2D eigenvalue weighted by molar-refractivity contribution is -0.115. The molecule has 0 aliphatic heterocycles. The Balaban J connectivity index is 1.55. The number of benzene rings is 3. The van der Waals surface area contributed by atoms with E-state index in [4.69, 9.17) is 0 Å². The fraction of sp³-hybridized carbons (Fsp3) is 0.0909. The van der Waals surface area contributed by atoms with Gasteiger partial charge in [-0.05, 0) is 54.1 Å². The lowest BCUT2D eigenvalue weighted by atomic mass is 10.1. The molecule has 4 nitrogen and oxygen atoms in total. The van der Waals surface area contributed by atoms with E-state index in [1.54, 1.807) is 60.7 Å². The molecule has 0 unspecified atom stereocenters. The second kappa shape index (κ2) is 7.79. The monoisotopic (exact) mass is 395 g/mol. The number of aromatic nitrogens is 2. The van der Waals surface area contributed by atoms with Crippen molar-refractivity contribution >= 4 is 22.6 Å². The smallest absolute Gasteiger partial charge is 0.320 e. The normalized spacial score (nSPS) is 11.2. The molecule has 146 valence electrons.